The topological polar surface area (TPSA) is 41.6 Å². The van der Waals surface area contributed by atoms with Gasteiger partial charge in [-0.25, -0.2) is 0 Å². The molecule has 1 amide bonds. The minimum Gasteiger partial charge on any atom is -0.483 e. The third-order valence-electron chi connectivity index (χ3n) is 3.36. The molecule has 0 fully saturated rings. The number of carbonyl (C=O) groups is 1. The molecule has 21 heavy (non-hydrogen) atoms. The van der Waals surface area contributed by atoms with Crippen LogP contribution in [0.15, 0.2) is 24.3 Å². The van der Waals surface area contributed by atoms with E-state index in [2.05, 4.69) is 19.2 Å². The zero-order valence-electron chi connectivity index (χ0n) is 13.8. The summed E-state index contributed by atoms with van der Waals surface area (Å²) in [5, 5.41) is 3.39. The van der Waals surface area contributed by atoms with Gasteiger partial charge in [-0.05, 0) is 32.4 Å². The van der Waals surface area contributed by atoms with Crippen molar-refractivity contribution in [1.82, 2.24) is 10.2 Å². The van der Waals surface area contributed by atoms with Crippen molar-refractivity contribution >= 4 is 5.91 Å². The van der Waals surface area contributed by atoms with Crippen LogP contribution < -0.4 is 10.1 Å². The number of rotatable bonds is 8. The lowest BCUT2D eigenvalue weighted by Gasteiger charge is -2.22. The molecule has 0 saturated carbocycles. The van der Waals surface area contributed by atoms with Gasteiger partial charge in [-0.15, -0.1) is 0 Å². The number of likely N-dealkylation sites (N-methyl/N-ethyl adjacent to an activating group) is 1. The molecule has 0 aliphatic rings. The maximum atomic E-state index is 12.0. The summed E-state index contributed by atoms with van der Waals surface area (Å²) in [4.78, 5) is 13.7. The SMILES string of the molecule is CC(C)CNCc1ccccc1OCC(=O)N(C)C(C)C. The largest absolute Gasteiger partial charge is 0.483 e. The zero-order valence-corrected chi connectivity index (χ0v) is 13.8. The Labute approximate surface area is 128 Å². The highest BCUT2D eigenvalue weighted by atomic mass is 16.5. The summed E-state index contributed by atoms with van der Waals surface area (Å²) in [7, 11) is 1.80. The van der Waals surface area contributed by atoms with Crippen molar-refractivity contribution in [3.05, 3.63) is 29.8 Å². The molecule has 0 bridgehead atoms. The Bertz CT molecular complexity index is 444. The van der Waals surface area contributed by atoms with Crippen molar-refractivity contribution in [1.29, 1.82) is 0 Å². The molecule has 1 aromatic rings. The molecule has 0 radical (unpaired) electrons. The molecular formula is C17H28N2O2. The van der Waals surface area contributed by atoms with Gasteiger partial charge in [0.25, 0.3) is 5.91 Å². The summed E-state index contributed by atoms with van der Waals surface area (Å²) in [5.41, 5.74) is 1.08. The molecule has 0 heterocycles. The van der Waals surface area contributed by atoms with Crippen LogP contribution in [0.5, 0.6) is 5.75 Å². The van der Waals surface area contributed by atoms with Crippen molar-refractivity contribution in [2.45, 2.75) is 40.3 Å². The summed E-state index contributed by atoms with van der Waals surface area (Å²) >= 11 is 0. The Morgan fingerprint density at radius 1 is 1.24 bits per heavy atom. The summed E-state index contributed by atoms with van der Waals surface area (Å²) in [6.45, 7) is 10.1. The van der Waals surface area contributed by atoms with Gasteiger partial charge in [0.1, 0.15) is 5.75 Å². The second-order valence-electron chi connectivity index (χ2n) is 6.02. The third kappa shape index (κ3) is 6.17. The van der Waals surface area contributed by atoms with Crippen molar-refractivity contribution < 1.29 is 9.53 Å². The first-order chi connectivity index (χ1) is 9.91. The van der Waals surface area contributed by atoms with Crippen molar-refractivity contribution in [2.75, 3.05) is 20.2 Å². The highest BCUT2D eigenvalue weighted by Gasteiger charge is 2.13. The lowest BCUT2D eigenvalue weighted by molar-refractivity contribution is -0.133. The van der Waals surface area contributed by atoms with Gasteiger partial charge in [0, 0.05) is 25.2 Å². The molecule has 0 aromatic heterocycles. The second kappa shape index (κ2) is 8.67. The van der Waals surface area contributed by atoms with Crippen LogP contribution in [0.2, 0.25) is 0 Å². The molecule has 0 unspecified atom stereocenters. The number of hydrogen-bond donors (Lipinski definition) is 1. The Hall–Kier alpha value is -1.55. The first kappa shape index (κ1) is 17.5. The molecule has 0 aliphatic heterocycles. The van der Waals surface area contributed by atoms with Crippen molar-refractivity contribution in [3.8, 4) is 5.75 Å². The first-order valence-electron chi connectivity index (χ1n) is 7.59. The molecule has 4 heteroatoms. The lowest BCUT2D eigenvalue weighted by Crippen LogP contribution is -2.36. The van der Waals surface area contributed by atoms with Crippen molar-refractivity contribution in [3.63, 3.8) is 0 Å². The van der Waals surface area contributed by atoms with Crippen LogP contribution in [-0.4, -0.2) is 37.0 Å². The van der Waals surface area contributed by atoms with E-state index in [0.29, 0.717) is 5.92 Å². The van der Waals surface area contributed by atoms with Gasteiger partial charge < -0.3 is 15.0 Å². The zero-order chi connectivity index (χ0) is 15.8. The van der Waals surface area contributed by atoms with Crippen LogP contribution >= 0.6 is 0 Å². The summed E-state index contributed by atoms with van der Waals surface area (Å²) in [6.07, 6.45) is 0. The van der Waals surface area contributed by atoms with E-state index in [0.717, 1.165) is 24.4 Å². The molecule has 0 saturated heterocycles. The average Bonchev–Trinajstić information content (AvgIpc) is 2.44. The number of nitrogens with zero attached hydrogens (tertiary/aromatic N) is 1. The molecule has 0 aliphatic carbocycles. The molecule has 1 rings (SSSR count). The van der Waals surface area contributed by atoms with Crippen LogP contribution in [0.1, 0.15) is 33.3 Å². The predicted molar refractivity (Wildman–Crippen MR) is 86.4 cm³/mol. The fourth-order valence-corrected chi connectivity index (χ4v) is 1.82. The molecule has 1 N–H and O–H groups in total. The molecule has 118 valence electrons. The number of nitrogens with one attached hydrogen (secondary N) is 1. The highest BCUT2D eigenvalue weighted by Crippen LogP contribution is 2.18. The second-order valence-corrected chi connectivity index (χ2v) is 6.02. The van der Waals surface area contributed by atoms with E-state index >= 15 is 0 Å². The predicted octanol–water partition coefficient (Wildman–Crippen LogP) is 2.68. The van der Waals surface area contributed by atoms with Crippen LogP contribution in [-0.2, 0) is 11.3 Å². The van der Waals surface area contributed by atoms with Gasteiger partial charge >= 0.3 is 0 Å². The van der Waals surface area contributed by atoms with Crippen LogP contribution in [0.25, 0.3) is 0 Å². The van der Waals surface area contributed by atoms with Crippen LogP contribution in [0.3, 0.4) is 0 Å². The minimum absolute atomic E-state index is 0.00468. The lowest BCUT2D eigenvalue weighted by atomic mass is 10.2. The Morgan fingerprint density at radius 3 is 2.52 bits per heavy atom. The van der Waals surface area contributed by atoms with Crippen LogP contribution in [0, 0.1) is 5.92 Å². The fraction of sp³-hybridized carbons (Fsp3) is 0.588. The van der Waals surface area contributed by atoms with Gasteiger partial charge in [0.2, 0.25) is 0 Å². The molecular weight excluding hydrogens is 264 g/mol. The van der Waals surface area contributed by atoms with Gasteiger partial charge in [-0.2, -0.15) is 0 Å². The number of benzene rings is 1. The number of amides is 1. The highest BCUT2D eigenvalue weighted by molar-refractivity contribution is 5.77. The van der Waals surface area contributed by atoms with Gasteiger partial charge in [-0.3, -0.25) is 4.79 Å². The monoisotopic (exact) mass is 292 g/mol. The van der Waals surface area contributed by atoms with Crippen molar-refractivity contribution in [2.24, 2.45) is 5.92 Å². The van der Waals surface area contributed by atoms with Gasteiger partial charge in [0.05, 0.1) is 0 Å². The molecule has 0 atom stereocenters. The van der Waals surface area contributed by atoms with E-state index in [1.807, 2.05) is 38.1 Å². The number of hydrogen-bond acceptors (Lipinski definition) is 3. The van der Waals surface area contributed by atoms with E-state index in [9.17, 15) is 4.79 Å². The standard InChI is InChI=1S/C17H28N2O2/c1-13(2)10-18-11-15-8-6-7-9-16(15)21-12-17(20)19(5)14(3)4/h6-9,13-14,18H,10-12H2,1-5H3. The van der Waals surface area contributed by atoms with E-state index in [4.69, 9.17) is 4.74 Å². The smallest absolute Gasteiger partial charge is 0.260 e. The molecule has 4 nitrogen and oxygen atoms in total. The summed E-state index contributed by atoms with van der Waals surface area (Å²) in [5.74, 6) is 1.38. The number of para-hydroxylation sites is 1. The van der Waals surface area contributed by atoms with E-state index in [1.54, 1.807) is 11.9 Å². The van der Waals surface area contributed by atoms with Gasteiger partial charge in [0.15, 0.2) is 6.61 Å². The first-order valence-corrected chi connectivity index (χ1v) is 7.59. The Morgan fingerprint density at radius 2 is 1.90 bits per heavy atom. The van der Waals surface area contributed by atoms with Crippen LogP contribution in [0.4, 0.5) is 0 Å². The average molecular weight is 292 g/mol. The summed E-state index contributed by atoms with van der Waals surface area (Å²) < 4.78 is 5.70. The van der Waals surface area contributed by atoms with Gasteiger partial charge in [-0.1, -0.05) is 32.0 Å². The minimum atomic E-state index is -0.00468. The Kier molecular flexibility index (Phi) is 7.23. The molecule has 0 spiro atoms. The van der Waals surface area contributed by atoms with E-state index < -0.39 is 0 Å². The third-order valence-corrected chi connectivity index (χ3v) is 3.36. The normalized spacial score (nSPS) is 11.0. The number of carbonyl (C=O) groups excluding carboxylic acids is 1. The summed E-state index contributed by atoms with van der Waals surface area (Å²) in [6, 6.07) is 8.04. The van der Waals surface area contributed by atoms with E-state index in [-0.39, 0.29) is 18.6 Å². The fourth-order valence-electron chi connectivity index (χ4n) is 1.82. The number of ether oxygens (including phenoxy) is 1. The Balaban J connectivity index is 2.56. The van der Waals surface area contributed by atoms with E-state index in [1.165, 1.54) is 0 Å². The molecule has 1 aromatic carbocycles. The quantitative estimate of drug-likeness (QED) is 0.801. The maximum Gasteiger partial charge on any atom is 0.260 e. The maximum absolute atomic E-state index is 12.0.